The molecule has 1 amide bonds. The maximum absolute atomic E-state index is 12.8. The van der Waals surface area contributed by atoms with E-state index in [-0.39, 0.29) is 5.91 Å². The lowest BCUT2D eigenvalue weighted by Gasteiger charge is -2.13. The van der Waals surface area contributed by atoms with Crippen LogP contribution in [0.2, 0.25) is 0 Å². The molecule has 0 unspecified atom stereocenters. The number of hydrogen-bond acceptors (Lipinski definition) is 4. The molecule has 2 heterocycles. The fourth-order valence-electron chi connectivity index (χ4n) is 3.98. The SMILES string of the molecule is Cc1ccc(C(=O)Nc2cccc(-c3ncnc4[nH]c(-c5ccc(C=O)cc5)cc34)c2C)cc1. The maximum Gasteiger partial charge on any atom is 0.255 e. The summed E-state index contributed by atoms with van der Waals surface area (Å²) in [6, 6.07) is 22.6. The van der Waals surface area contributed by atoms with Gasteiger partial charge in [-0.1, -0.05) is 54.1 Å². The Balaban J connectivity index is 1.52. The number of nitrogens with one attached hydrogen (secondary N) is 2. The third-order valence-electron chi connectivity index (χ3n) is 5.93. The number of hydrogen-bond donors (Lipinski definition) is 2. The summed E-state index contributed by atoms with van der Waals surface area (Å²) in [6.07, 6.45) is 2.36. The molecular formula is C28H22N4O2. The third-order valence-corrected chi connectivity index (χ3v) is 5.93. The number of H-pyrrole nitrogens is 1. The van der Waals surface area contributed by atoms with E-state index in [0.29, 0.717) is 16.8 Å². The molecule has 0 saturated heterocycles. The number of anilines is 1. The number of carbonyl (C=O) groups excluding carboxylic acids is 2. The van der Waals surface area contributed by atoms with Gasteiger partial charge < -0.3 is 10.3 Å². The van der Waals surface area contributed by atoms with Crippen LogP contribution in [0, 0.1) is 13.8 Å². The molecule has 0 fully saturated rings. The quantitative estimate of drug-likeness (QED) is 0.325. The van der Waals surface area contributed by atoms with E-state index in [4.69, 9.17) is 0 Å². The van der Waals surface area contributed by atoms with Gasteiger partial charge in [0.2, 0.25) is 0 Å². The largest absolute Gasteiger partial charge is 0.339 e. The minimum Gasteiger partial charge on any atom is -0.339 e. The lowest BCUT2D eigenvalue weighted by molar-refractivity contribution is 0.102. The summed E-state index contributed by atoms with van der Waals surface area (Å²) in [5, 5.41) is 3.90. The summed E-state index contributed by atoms with van der Waals surface area (Å²) < 4.78 is 0. The number of rotatable bonds is 5. The Kier molecular flexibility index (Phi) is 5.47. The minimum absolute atomic E-state index is 0.157. The summed E-state index contributed by atoms with van der Waals surface area (Å²) in [5.41, 5.74) is 8.23. The van der Waals surface area contributed by atoms with Gasteiger partial charge in [-0.3, -0.25) is 9.59 Å². The lowest BCUT2D eigenvalue weighted by Crippen LogP contribution is -2.13. The van der Waals surface area contributed by atoms with Crippen LogP contribution in [-0.4, -0.2) is 27.1 Å². The summed E-state index contributed by atoms with van der Waals surface area (Å²) in [5.74, 6) is -0.157. The number of aryl methyl sites for hydroxylation is 1. The van der Waals surface area contributed by atoms with Gasteiger partial charge in [-0.05, 0) is 49.2 Å². The molecule has 166 valence electrons. The molecular weight excluding hydrogens is 424 g/mol. The highest BCUT2D eigenvalue weighted by Crippen LogP contribution is 2.34. The normalized spacial score (nSPS) is 10.9. The summed E-state index contributed by atoms with van der Waals surface area (Å²) in [4.78, 5) is 36.1. The average Bonchev–Trinajstić information content (AvgIpc) is 3.30. The molecule has 0 atom stereocenters. The van der Waals surface area contributed by atoms with Gasteiger partial charge in [0.15, 0.2) is 0 Å². The van der Waals surface area contributed by atoms with Crippen molar-refractivity contribution in [2.75, 3.05) is 5.32 Å². The predicted octanol–water partition coefficient (Wildman–Crippen LogP) is 5.97. The van der Waals surface area contributed by atoms with Crippen molar-refractivity contribution in [1.82, 2.24) is 15.0 Å². The molecule has 0 aliphatic heterocycles. The van der Waals surface area contributed by atoms with Gasteiger partial charge >= 0.3 is 0 Å². The first kappa shape index (κ1) is 21.3. The highest BCUT2D eigenvalue weighted by molar-refractivity contribution is 6.05. The molecule has 0 aliphatic rings. The zero-order valence-electron chi connectivity index (χ0n) is 18.8. The molecule has 34 heavy (non-hydrogen) atoms. The van der Waals surface area contributed by atoms with Crippen LogP contribution in [0.15, 0.2) is 79.1 Å². The predicted molar refractivity (Wildman–Crippen MR) is 134 cm³/mol. The molecule has 0 spiro atoms. The second kappa shape index (κ2) is 8.75. The molecule has 3 aromatic carbocycles. The molecule has 0 bridgehead atoms. The molecule has 2 aromatic heterocycles. The monoisotopic (exact) mass is 446 g/mol. The first-order valence-electron chi connectivity index (χ1n) is 10.9. The Bertz CT molecular complexity index is 1520. The van der Waals surface area contributed by atoms with Crippen molar-refractivity contribution in [1.29, 1.82) is 0 Å². The van der Waals surface area contributed by atoms with E-state index >= 15 is 0 Å². The van der Waals surface area contributed by atoms with Gasteiger partial charge in [-0.15, -0.1) is 0 Å². The molecule has 6 heteroatoms. The maximum atomic E-state index is 12.8. The second-order valence-electron chi connectivity index (χ2n) is 8.21. The first-order valence-corrected chi connectivity index (χ1v) is 10.9. The van der Waals surface area contributed by atoms with Crippen LogP contribution < -0.4 is 5.32 Å². The number of amides is 1. The lowest BCUT2D eigenvalue weighted by atomic mass is 10.0. The highest BCUT2D eigenvalue weighted by atomic mass is 16.1. The van der Waals surface area contributed by atoms with Crippen LogP contribution in [0.4, 0.5) is 5.69 Å². The summed E-state index contributed by atoms with van der Waals surface area (Å²) in [7, 11) is 0. The van der Waals surface area contributed by atoms with E-state index in [0.717, 1.165) is 51.0 Å². The second-order valence-corrected chi connectivity index (χ2v) is 8.21. The molecule has 5 rings (SSSR count). The van der Waals surface area contributed by atoms with Crippen LogP contribution in [-0.2, 0) is 0 Å². The van der Waals surface area contributed by atoms with Crippen molar-refractivity contribution in [3.63, 3.8) is 0 Å². The number of aromatic amines is 1. The number of benzene rings is 3. The van der Waals surface area contributed by atoms with Gasteiger partial charge in [-0.25, -0.2) is 9.97 Å². The van der Waals surface area contributed by atoms with Crippen LogP contribution in [0.25, 0.3) is 33.5 Å². The molecule has 5 aromatic rings. The van der Waals surface area contributed by atoms with Crippen LogP contribution in [0.3, 0.4) is 0 Å². The zero-order valence-corrected chi connectivity index (χ0v) is 18.8. The number of fused-ring (bicyclic) bond motifs is 1. The fraction of sp³-hybridized carbons (Fsp3) is 0.0714. The van der Waals surface area contributed by atoms with Crippen molar-refractivity contribution in [2.24, 2.45) is 0 Å². The van der Waals surface area contributed by atoms with E-state index in [1.807, 2.05) is 74.5 Å². The Labute approximate surface area is 196 Å². The summed E-state index contributed by atoms with van der Waals surface area (Å²) in [6.45, 7) is 3.96. The van der Waals surface area contributed by atoms with Gasteiger partial charge in [0.05, 0.1) is 5.69 Å². The van der Waals surface area contributed by atoms with Crippen LogP contribution in [0.5, 0.6) is 0 Å². The van der Waals surface area contributed by atoms with Gasteiger partial charge in [0.25, 0.3) is 5.91 Å². The fourth-order valence-corrected chi connectivity index (χ4v) is 3.98. The standard InChI is InChI=1S/C28H22N4O2/c1-17-6-10-21(11-7-17)28(34)32-24-5-3-4-22(18(24)2)26-23-14-25(31-27(23)30-16-29-26)20-12-8-19(15-33)9-13-20/h3-16H,1-2H3,(H,32,34)(H,29,30,31). The third kappa shape index (κ3) is 3.97. The van der Waals surface area contributed by atoms with Gasteiger partial charge in [0, 0.05) is 33.5 Å². The molecule has 6 nitrogen and oxygen atoms in total. The van der Waals surface area contributed by atoms with Crippen molar-refractivity contribution < 1.29 is 9.59 Å². The van der Waals surface area contributed by atoms with E-state index in [1.165, 1.54) is 6.33 Å². The van der Waals surface area contributed by atoms with E-state index in [1.54, 1.807) is 12.1 Å². The smallest absolute Gasteiger partial charge is 0.255 e. The molecule has 0 aliphatic carbocycles. The Morgan fingerprint density at radius 2 is 1.71 bits per heavy atom. The average molecular weight is 447 g/mol. The van der Waals surface area contributed by atoms with Gasteiger partial charge in [-0.2, -0.15) is 0 Å². The number of aromatic nitrogens is 3. The van der Waals surface area contributed by atoms with E-state index < -0.39 is 0 Å². The highest BCUT2D eigenvalue weighted by Gasteiger charge is 2.15. The van der Waals surface area contributed by atoms with Crippen molar-refractivity contribution in [3.8, 4) is 22.5 Å². The minimum atomic E-state index is -0.157. The van der Waals surface area contributed by atoms with Gasteiger partial charge in [0.1, 0.15) is 18.3 Å². The van der Waals surface area contributed by atoms with Crippen LogP contribution in [0.1, 0.15) is 31.8 Å². The number of carbonyl (C=O) groups is 2. The number of nitrogens with zero attached hydrogens (tertiary/aromatic N) is 2. The molecule has 2 N–H and O–H groups in total. The molecule has 0 radical (unpaired) electrons. The first-order chi connectivity index (χ1) is 16.5. The van der Waals surface area contributed by atoms with Crippen molar-refractivity contribution in [3.05, 3.63) is 101 Å². The Morgan fingerprint density at radius 1 is 0.941 bits per heavy atom. The van der Waals surface area contributed by atoms with E-state index in [2.05, 4.69) is 20.3 Å². The van der Waals surface area contributed by atoms with Crippen molar-refractivity contribution >= 4 is 28.9 Å². The Hall–Kier alpha value is -4.58. The topological polar surface area (TPSA) is 87.7 Å². The molecule has 0 saturated carbocycles. The van der Waals surface area contributed by atoms with Crippen molar-refractivity contribution in [2.45, 2.75) is 13.8 Å². The summed E-state index contributed by atoms with van der Waals surface area (Å²) >= 11 is 0. The van der Waals surface area contributed by atoms with E-state index in [9.17, 15) is 9.59 Å². The zero-order chi connectivity index (χ0) is 23.7. The van der Waals surface area contributed by atoms with Crippen LogP contribution >= 0.6 is 0 Å². The number of aldehydes is 1. The Morgan fingerprint density at radius 3 is 2.44 bits per heavy atom.